The maximum Gasteiger partial charge on any atom is 0.193 e. The Morgan fingerprint density at radius 1 is 0.735 bits per heavy atom. The summed E-state index contributed by atoms with van der Waals surface area (Å²) in [6.07, 6.45) is 0.657. The molecule has 2 aromatic carbocycles. The van der Waals surface area contributed by atoms with Crippen molar-refractivity contribution in [3.8, 4) is 11.5 Å². The number of rotatable bonds is 18. The third-order valence-electron chi connectivity index (χ3n) is 4.80. The van der Waals surface area contributed by atoms with Crippen LogP contribution in [0.25, 0.3) is 0 Å². The van der Waals surface area contributed by atoms with Crippen molar-refractivity contribution in [3.05, 3.63) is 59.7 Å². The monoisotopic (exact) mass is 476 g/mol. The number of aliphatic hydroxyl groups excluding tert-OH is 2. The van der Waals surface area contributed by atoms with Gasteiger partial charge in [-0.1, -0.05) is 13.3 Å². The van der Waals surface area contributed by atoms with Crippen LogP contribution < -0.4 is 9.47 Å². The molecule has 8 heteroatoms. The lowest BCUT2D eigenvalue weighted by molar-refractivity contribution is -0.0111. The van der Waals surface area contributed by atoms with Crippen molar-refractivity contribution < 1.29 is 38.7 Å². The first-order valence-corrected chi connectivity index (χ1v) is 11.5. The van der Waals surface area contributed by atoms with Gasteiger partial charge in [0.15, 0.2) is 5.78 Å². The van der Waals surface area contributed by atoms with Crippen LogP contribution in [0.1, 0.15) is 35.7 Å². The van der Waals surface area contributed by atoms with Gasteiger partial charge < -0.3 is 33.9 Å². The molecule has 2 N–H and O–H groups in total. The molecule has 0 radical (unpaired) electrons. The molecule has 8 nitrogen and oxygen atoms in total. The number of ether oxygens (including phenoxy) is 5. The van der Waals surface area contributed by atoms with Crippen LogP contribution in [0.4, 0.5) is 0 Å². The standard InChI is InChI=1S/C26H36O8/c1-3-4-13-31-14-15-32-17-23(28)19-34-25-11-7-21(8-12-25)26(29)20-5-9-24(10-6-20)33-18-22(27)16-30-2/h5-12,22-23,27-28H,3-4,13-19H2,1-2H3. The molecule has 188 valence electrons. The van der Waals surface area contributed by atoms with Crippen molar-refractivity contribution in [2.75, 3.05) is 53.4 Å². The molecular weight excluding hydrogens is 440 g/mol. The maximum atomic E-state index is 12.7. The second-order valence-corrected chi connectivity index (χ2v) is 7.80. The summed E-state index contributed by atoms with van der Waals surface area (Å²) in [7, 11) is 1.51. The van der Waals surface area contributed by atoms with E-state index in [0.717, 1.165) is 19.4 Å². The average molecular weight is 477 g/mol. The Labute approximate surface area is 201 Å². The van der Waals surface area contributed by atoms with E-state index in [1.54, 1.807) is 48.5 Å². The van der Waals surface area contributed by atoms with Gasteiger partial charge in [-0.2, -0.15) is 0 Å². The van der Waals surface area contributed by atoms with Gasteiger partial charge in [0.2, 0.25) is 0 Å². The van der Waals surface area contributed by atoms with Crippen LogP contribution in [0.3, 0.4) is 0 Å². The van der Waals surface area contributed by atoms with E-state index in [1.807, 2.05) is 0 Å². The first-order chi connectivity index (χ1) is 16.5. The molecule has 0 amide bonds. The molecule has 2 rings (SSSR count). The molecule has 0 aliphatic heterocycles. The molecule has 2 atom stereocenters. The van der Waals surface area contributed by atoms with Crippen molar-refractivity contribution in [1.82, 2.24) is 0 Å². The van der Waals surface area contributed by atoms with E-state index < -0.39 is 12.2 Å². The Morgan fingerprint density at radius 2 is 1.24 bits per heavy atom. The lowest BCUT2D eigenvalue weighted by Gasteiger charge is -2.13. The quantitative estimate of drug-likeness (QED) is 0.250. The largest absolute Gasteiger partial charge is 0.491 e. The van der Waals surface area contributed by atoms with Crippen molar-refractivity contribution in [2.45, 2.75) is 32.0 Å². The fourth-order valence-electron chi connectivity index (χ4n) is 2.93. The molecule has 0 heterocycles. The number of hydrogen-bond acceptors (Lipinski definition) is 8. The van der Waals surface area contributed by atoms with Gasteiger partial charge in [0.05, 0.1) is 26.4 Å². The Morgan fingerprint density at radius 3 is 1.74 bits per heavy atom. The Kier molecular flexibility index (Phi) is 13.2. The van der Waals surface area contributed by atoms with Crippen LogP contribution >= 0.6 is 0 Å². The molecular formula is C26H36O8. The van der Waals surface area contributed by atoms with Gasteiger partial charge in [0.1, 0.15) is 36.9 Å². The smallest absolute Gasteiger partial charge is 0.193 e. The zero-order valence-electron chi connectivity index (χ0n) is 20.0. The number of carbonyl (C=O) groups excluding carboxylic acids is 1. The summed E-state index contributed by atoms with van der Waals surface area (Å²) in [4.78, 5) is 12.7. The van der Waals surface area contributed by atoms with Gasteiger partial charge in [-0.15, -0.1) is 0 Å². The SMILES string of the molecule is CCCCOCCOCC(O)COc1ccc(C(=O)c2ccc(OCC(O)COC)cc2)cc1. The summed E-state index contributed by atoms with van der Waals surface area (Å²) < 4.78 is 26.7. The highest BCUT2D eigenvalue weighted by molar-refractivity contribution is 6.09. The zero-order chi connectivity index (χ0) is 24.6. The van der Waals surface area contributed by atoms with E-state index in [-0.39, 0.29) is 32.2 Å². The van der Waals surface area contributed by atoms with E-state index in [1.165, 1.54) is 7.11 Å². The zero-order valence-corrected chi connectivity index (χ0v) is 20.0. The molecule has 0 aliphatic carbocycles. The van der Waals surface area contributed by atoms with Crippen LogP contribution in [0.5, 0.6) is 11.5 Å². The van der Waals surface area contributed by atoms with Crippen LogP contribution in [0, 0.1) is 0 Å². The molecule has 34 heavy (non-hydrogen) atoms. The van der Waals surface area contributed by atoms with Crippen molar-refractivity contribution in [1.29, 1.82) is 0 Å². The van der Waals surface area contributed by atoms with Crippen LogP contribution in [0.15, 0.2) is 48.5 Å². The fourth-order valence-corrected chi connectivity index (χ4v) is 2.93. The summed E-state index contributed by atoms with van der Waals surface area (Å²) >= 11 is 0. The van der Waals surface area contributed by atoms with Crippen LogP contribution in [-0.2, 0) is 14.2 Å². The van der Waals surface area contributed by atoms with Crippen LogP contribution in [0.2, 0.25) is 0 Å². The van der Waals surface area contributed by atoms with Crippen molar-refractivity contribution >= 4 is 5.78 Å². The highest BCUT2D eigenvalue weighted by Gasteiger charge is 2.11. The van der Waals surface area contributed by atoms with Gasteiger partial charge >= 0.3 is 0 Å². The molecule has 0 saturated carbocycles. The van der Waals surface area contributed by atoms with E-state index in [9.17, 15) is 15.0 Å². The van der Waals surface area contributed by atoms with Gasteiger partial charge in [-0.3, -0.25) is 4.79 Å². The summed E-state index contributed by atoms with van der Waals surface area (Å²) in [6, 6.07) is 13.5. The van der Waals surface area contributed by atoms with Crippen molar-refractivity contribution in [2.24, 2.45) is 0 Å². The predicted octanol–water partition coefficient (Wildman–Crippen LogP) is 2.88. The highest BCUT2D eigenvalue weighted by Crippen LogP contribution is 2.18. The predicted molar refractivity (Wildman–Crippen MR) is 128 cm³/mol. The average Bonchev–Trinajstić information content (AvgIpc) is 2.86. The molecule has 2 unspecified atom stereocenters. The molecule has 0 saturated heterocycles. The number of aliphatic hydroxyl groups is 2. The van der Waals surface area contributed by atoms with Crippen LogP contribution in [-0.4, -0.2) is 81.6 Å². The highest BCUT2D eigenvalue weighted by atomic mass is 16.5. The van der Waals surface area contributed by atoms with Gasteiger partial charge in [0, 0.05) is 24.8 Å². The normalized spacial score (nSPS) is 12.8. The number of ketones is 1. The number of benzene rings is 2. The number of hydrogen-bond donors (Lipinski definition) is 2. The topological polar surface area (TPSA) is 104 Å². The minimum atomic E-state index is -0.756. The Hall–Kier alpha value is -2.49. The van der Waals surface area contributed by atoms with Gasteiger partial charge in [0.25, 0.3) is 0 Å². The Bertz CT molecular complexity index is 807. The number of methoxy groups -OCH3 is 1. The lowest BCUT2D eigenvalue weighted by Crippen LogP contribution is -2.24. The summed E-state index contributed by atoms with van der Waals surface area (Å²) in [5.74, 6) is 0.978. The molecule has 0 aliphatic rings. The third kappa shape index (κ3) is 10.6. The minimum absolute atomic E-state index is 0.0878. The Balaban J connectivity index is 1.72. The number of unbranched alkanes of at least 4 members (excludes halogenated alkanes) is 1. The second-order valence-electron chi connectivity index (χ2n) is 7.80. The van der Waals surface area contributed by atoms with E-state index in [4.69, 9.17) is 23.7 Å². The number of carbonyl (C=O) groups is 1. The van der Waals surface area contributed by atoms with E-state index in [2.05, 4.69) is 6.92 Å². The molecule has 0 spiro atoms. The van der Waals surface area contributed by atoms with Gasteiger partial charge in [-0.05, 0) is 55.0 Å². The summed E-state index contributed by atoms with van der Waals surface area (Å²) in [5.41, 5.74) is 1.04. The first kappa shape index (κ1) is 27.8. The van der Waals surface area contributed by atoms with Crippen molar-refractivity contribution in [3.63, 3.8) is 0 Å². The maximum absolute atomic E-state index is 12.7. The fraction of sp³-hybridized carbons (Fsp3) is 0.500. The molecule has 0 bridgehead atoms. The molecule has 0 fully saturated rings. The second kappa shape index (κ2) is 16.2. The molecule has 2 aromatic rings. The van der Waals surface area contributed by atoms with E-state index >= 15 is 0 Å². The van der Waals surface area contributed by atoms with Gasteiger partial charge in [-0.25, -0.2) is 0 Å². The van der Waals surface area contributed by atoms with E-state index in [0.29, 0.717) is 35.8 Å². The summed E-state index contributed by atoms with van der Waals surface area (Å²) in [6.45, 7) is 4.33. The lowest BCUT2D eigenvalue weighted by atomic mass is 10.0. The first-order valence-electron chi connectivity index (χ1n) is 11.5. The minimum Gasteiger partial charge on any atom is -0.491 e. The third-order valence-corrected chi connectivity index (χ3v) is 4.80. The molecule has 0 aromatic heterocycles. The summed E-state index contributed by atoms with van der Waals surface area (Å²) in [5, 5.41) is 19.6.